The topological polar surface area (TPSA) is 70.0 Å². The van der Waals surface area contributed by atoms with Crippen molar-refractivity contribution in [3.63, 3.8) is 0 Å². The van der Waals surface area contributed by atoms with Crippen LogP contribution in [-0.4, -0.2) is 17.9 Å². The number of anilines is 1. The second-order valence-corrected chi connectivity index (χ2v) is 4.60. The maximum atomic E-state index is 11.6. The van der Waals surface area contributed by atoms with E-state index < -0.39 is 0 Å². The van der Waals surface area contributed by atoms with E-state index in [2.05, 4.69) is 5.32 Å². The molecule has 0 spiro atoms. The van der Waals surface area contributed by atoms with E-state index in [4.69, 9.17) is 5.41 Å². The normalized spacial score (nSPS) is 14.6. The highest BCUT2D eigenvalue weighted by atomic mass is 16.1. The molecule has 94 valence electrons. The number of nitrogens with one attached hydrogen (secondary N) is 2. The lowest BCUT2D eigenvalue weighted by atomic mass is 9.98. The first-order chi connectivity index (χ1) is 8.60. The lowest BCUT2D eigenvalue weighted by molar-refractivity contribution is -0.118. The van der Waals surface area contributed by atoms with Crippen molar-refractivity contribution in [2.75, 3.05) is 5.32 Å². The third kappa shape index (κ3) is 2.64. The Morgan fingerprint density at radius 1 is 1.33 bits per heavy atom. The number of Topliss-reactive ketones (excluding diaryl/α,β-unsaturated/α-hetero) is 1. The highest BCUT2D eigenvalue weighted by Crippen LogP contribution is 2.25. The molecule has 4 heteroatoms. The average Bonchev–Trinajstić information content (AvgIpc) is 2.48. The third-order valence-electron chi connectivity index (χ3n) is 3.13. The molecule has 1 amide bonds. The number of amides is 1. The number of aryl methyl sites for hydroxylation is 1. The van der Waals surface area contributed by atoms with Gasteiger partial charge in [0.05, 0.1) is 0 Å². The van der Waals surface area contributed by atoms with Crippen LogP contribution >= 0.6 is 0 Å². The SMILES string of the molecule is CC(=O)Nc1cc2c(cc1C=N)CC(=O)CCC2. The van der Waals surface area contributed by atoms with E-state index in [1.54, 1.807) is 0 Å². The van der Waals surface area contributed by atoms with E-state index in [1.807, 2.05) is 12.1 Å². The molecule has 1 aromatic carbocycles. The Hall–Kier alpha value is -1.97. The summed E-state index contributed by atoms with van der Waals surface area (Å²) in [6.45, 7) is 1.45. The molecule has 0 fully saturated rings. The van der Waals surface area contributed by atoms with Crippen molar-refractivity contribution in [2.24, 2.45) is 0 Å². The molecule has 2 rings (SSSR count). The molecule has 1 aliphatic carbocycles. The number of carbonyl (C=O) groups excluding carboxylic acids is 2. The Morgan fingerprint density at radius 3 is 2.78 bits per heavy atom. The number of hydrogen-bond donors (Lipinski definition) is 2. The van der Waals surface area contributed by atoms with Crippen LogP contribution in [0.3, 0.4) is 0 Å². The molecule has 18 heavy (non-hydrogen) atoms. The molecule has 1 aromatic rings. The van der Waals surface area contributed by atoms with Gasteiger partial charge in [-0.3, -0.25) is 9.59 Å². The van der Waals surface area contributed by atoms with E-state index in [9.17, 15) is 9.59 Å². The third-order valence-corrected chi connectivity index (χ3v) is 3.13. The monoisotopic (exact) mass is 244 g/mol. The van der Waals surface area contributed by atoms with Crippen LogP contribution in [0.4, 0.5) is 5.69 Å². The summed E-state index contributed by atoms with van der Waals surface area (Å²) >= 11 is 0. The molecule has 0 unspecified atom stereocenters. The molecule has 0 saturated heterocycles. The second kappa shape index (κ2) is 5.12. The molecular formula is C14H16N2O2. The summed E-state index contributed by atoms with van der Waals surface area (Å²) in [7, 11) is 0. The Balaban J connectivity index is 2.45. The number of hydrogen-bond acceptors (Lipinski definition) is 3. The van der Waals surface area contributed by atoms with Gasteiger partial charge in [0, 0.05) is 37.2 Å². The van der Waals surface area contributed by atoms with Crippen LogP contribution in [0.15, 0.2) is 12.1 Å². The highest BCUT2D eigenvalue weighted by molar-refractivity contribution is 5.96. The predicted molar refractivity (Wildman–Crippen MR) is 70.3 cm³/mol. The average molecular weight is 244 g/mol. The molecular weight excluding hydrogens is 228 g/mol. The van der Waals surface area contributed by atoms with E-state index >= 15 is 0 Å². The smallest absolute Gasteiger partial charge is 0.221 e. The van der Waals surface area contributed by atoms with Crippen LogP contribution in [-0.2, 0) is 22.4 Å². The first-order valence-electron chi connectivity index (χ1n) is 6.05. The van der Waals surface area contributed by atoms with Gasteiger partial charge in [-0.2, -0.15) is 0 Å². The summed E-state index contributed by atoms with van der Waals surface area (Å²) in [5, 5.41) is 10.1. The number of fused-ring (bicyclic) bond motifs is 1. The van der Waals surface area contributed by atoms with Crippen LogP contribution < -0.4 is 5.32 Å². The van der Waals surface area contributed by atoms with Crippen LogP contribution in [0.1, 0.15) is 36.5 Å². The molecule has 1 aliphatic rings. The Kier molecular flexibility index (Phi) is 3.55. The van der Waals surface area contributed by atoms with Gasteiger partial charge in [0.2, 0.25) is 5.91 Å². The van der Waals surface area contributed by atoms with E-state index in [1.165, 1.54) is 13.1 Å². The molecule has 0 radical (unpaired) electrons. The summed E-state index contributed by atoms with van der Waals surface area (Å²) in [5.41, 5.74) is 3.41. The molecule has 0 aromatic heterocycles. The maximum absolute atomic E-state index is 11.6. The highest BCUT2D eigenvalue weighted by Gasteiger charge is 2.16. The minimum absolute atomic E-state index is 0.150. The summed E-state index contributed by atoms with van der Waals surface area (Å²) < 4.78 is 0. The summed E-state index contributed by atoms with van der Waals surface area (Å²) in [6, 6.07) is 3.74. The van der Waals surface area contributed by atoms with Crippen LogP contribution in [0.2, 0.25) is 0 Å². The van der Waals surface area contributed by atoms with Crippen molar-refractivity contribution in [1.29, 1.82) is 5.41 Å². The minimum atomic E-state index is -0.150. The molecule has 0 aliphatic heterocycles. The lowest BCUT2D eigenvalue weighted by Crippen LogP contribution is -2.10. The molecule has 0 heterocycles. The van der Waals surface area contributed by atoms with Crippen LogP contribution in [0.25, 0.3) is 0 Å². The molecule has 0 saturated carbocycles. The van der Waals surface area contributed by atoms with E-state index in [0.717, 1.165) is 24.0 Å². The first kappa shape index (κ1) is 12.5. The fourth-order valence-electron chi connectivity index (χ4n) is 2.30. The number of rotatable bonds is 2. The van der Waals surface area contributed by atoms with Gasteiger partial charge in [-0.05, 0) is 36.1 Å². The quantitative estimate of drug-likeness (QED) is 0.617. The van der Waals surface area contributed by atoms with Gasteiger partial charge in [-0.15, -0.1) is 0 Å². The standard InChI is InChI=1S/C14H16N2O2/c1-9(17)16-14-7-10-3-2-4-13(18)6-11(10)5-12(14)8-15/h5,7-8,15H,2-4,6H2,1H3,(H,16,17). The largest absolute Gasteiger partial charge is 0.326 e. The van der Waals surface area contributed by atoms with Crippen LogP contribution in [0, 0.1) is 5.41 Å². The zero-order chi connectivity index (χ0) is 13.1. The zero-order valence-electron chi connectivity index (χ0n) is 10.4. The summed E-state index contributed by atoms with van der Waals surface area (Å²) in [5.74, 6) is 0.0970. The second-order valence-electron chi connectivity index (χ2n) is 4.60. The van der Waals surface area contributed by atoms with Gasteiger partial charge in [-0.1, -0.05) is 0 Å². The number of ketones is 1. The van der Waals surface area contributed by atoms with Gasteiger partial charge >= 0.3 is 0 Å². The molecule has 0 bridgehead atoms. The molecule has 4 nitrogen and oxygen atoms in total. The van der Waals surface area contributed by atoms with E-state index in [-0.39, 0.29) is 11.7 Å². The minimum Gasteiger partial charge on any atom is -0.326 e. The van der Waals surface area contributed by atoms with Crippen molar-refractivity contribution in [1.82, 2.24) is 0 Å². The Morgan fingerprint density at radius 2 is 2.11 bits per heavy atom. The van der Waals surface area contributed by atoms with Gasteiger partial charge in [0.15, 0.2) is 0 Å². The van der Waals surface area contributed by atoms with Crippen molar-refractivity contribution in [2.45, 2.75) is 32.6 Å². The number of benzene rings is 1. The van der Waals surface area contributed by atoms with Gasteiger partial charge in [-0.25, -0.2) is 0 Å². The number of carbonyl (C=O) groups is 2. The fraction of sp³-hybridized carbons (Fsp3) is 0.357. The fourth-order valence-corrected chi connectivity index (χ4v) is 2.30. The maximum Gasteiger partial charge on any atom is 0.221 e. The van der Waals surface area contributed by atoms with Crippen molar-refractivity contribution in [3.8, 4) is 0 Å². The van der Waals surface area contributed by atoms with Gasteiger partial charge in [0.25, 0.3) is 0 Å². The zero-order valence-corrected chi connectivity index (χ0v) is 10.4. The summed E-state index contributed by atoms with van der Waals surface area (Å²) in [4.78, 5) is 22.7. The van der Waals surface area contributed by atoms with Crippen LogP contribution in [0.5, 0.6) is 0 Å². The Bertz CT molecular complexity index is 521. The lowest BCUT2D eigenvalue weighted by Gasteiger charge is -2.12. The van der Waals surface area contributed by atoms with Crippen molar-refractivity contribution >= 4 is 23.6 Å². The van der Waals surface area contributed by atoms with Crippen molar-refractivity contribution < 1.29 is 9.59 Å². The summed E-state index contributed by atoms with van der Waals surface area (Å²) in [6.07, 6.45) is 3.97. The molecule has 0 atom stereocenters. The Labute approximate surface area is 106 Å². The van der Waals surface area contributed by atoms with Gasteiger partial charge in [0.1, 0.15) is 5.78 Å². The predicted octanol–water partition coefficient (Wildman–Crippen LogP) is 2.09. The van der Waals surface area contributed by atoms with E-state index in [0.29, 0.717) is 24.1 Å². The van der Waals surface area contributed by atoms with Crippen molar-refractivity contribution in [3.05, 3.63) is 28.8 Å². The first-order valence-corrected chi connectivity index (χ1v) is 6.05. The molecule has 2 N–H and O–H groups in total. The van der Waals surface area contributed by atoms with Gasteiger partial charge < -0.3 is 10.7 Å².